The summed E-state index contributed by atoms with van der Waals surface area (Å²) in [6.45, 7) is -0.0601. The summed E-state index contributed by atoms with van der Waals surface area (Å²) in [6.07, 6.45) is 0. The first kappa shape index (κ1) is 13.9. The average molecular weight is 280 g/mol. The minimum atomic E-state index is -0.757. The van der Waals surface area contributed by atoms with Gasteiger partial charge >= 0.3 is 6.03 Å². The molecule has 0 radical (unpaired) electrons. The number of carbonyl (C=O) groups excluding carboxylic acids is 1. The lowest BCUT2D eigenvalue weighted by Crippen LogP contribution is -2.28. The van der Waals surface area contributed by atoms with Crippen LogP contribution in [0.25, 0.3) is 0 Å². The summed E-state index contributed by atoms with van der Waals surface area (Å²) in [7, 11) is 0. The molecule has 0 aromatic heterocycles. The molecule has 2 aromatic rings. The van der Waals surface area contributed by atoms with E-state index in [-0.39, 0.29) is 12.2 Å². The molecule has 2 aromatic carbocycles. The summed E-state index contributed by atoms with van der Waals surface area (Å²) >= 11 is 0. The fraction of sp³-hybridized carbons (Fsp3) is 0.0714. The quantitative estimate of drug-likeness (QED) is 0.888. The van der Waals surface area contributed by atoms with Crippen molar-refractivity contribution in [3.05, 3.63) is 65.5 Å². The van der Waals surface area contributed by atoms with Gasteiger partial charge in [0.25, 0.3) is 0 Å². The van der Waals surface area contributed by atoms with Crippen LogP contribution < -0.4 is 10.6 Å². The SMILES string of the molecule is O=C(NCc1ccccc1F)Nc1cc(F)ccc1F. The van der Waals surface area contributed by atoms with Gasteiger partial charge in [-0.2, -0.15) is 0 Å². The van der Waals surface area contributed by atoms with E-state index in [1.807, 2.05) is 0 Å². The van der Waals surface area contributed by atoms with Gasteiger partial charge in [0.1, 0.15) is 17.5 Å². The fourth-order valence-electron chi connectivity index (χ4n) is 1.58. The number of carbonyl (C=O) groups is 1. The van der Waals surface area contributed by atoms with Crippen LogP contribution in [0.15, 0.2) is 42.5 Å². The molecule has 0 atom stereocenters. The smallest absolute Gasteiger partial charge is 0.319 e. The van der Waals surface area contributed by atoms with E-state index < -0.39 is 23.5 Å². The summed E-state index contributed by atoms with van der Waals surface area (Å²) in [6, 6.07) is 7.89. The van der Waals surface area contributed by atoms with E-state index in [0.29, 0.717) is 5.56 Å². The molecule has 2 rings (SSSR count). The number of anilines is 1. The van der Waals surface area contributed by atoms with Crippen LogP contribution in [0.5, 0.6) is 0 Å². The maximum Gasteiger partial charge on any atom is 0.319 e. The lowest BCUT2D eigenvalue weighted by Gasteiger charge is -2.09. The Morgan fingerprint density at radius 3 is 2.50 bits per heavy atom. The van der Waals surface area contributed by atoms with Crippen LogP contribution in [0.3, 0.4) is 0 Å². The molecule has 0 saturated carbocycles. The van der Waals surface area contributed by atoms with Crippen molar-refractivity contribution >= 4 is 11.7 Å². The highest BCUT2D eigenvalue weighted by molar-refractivity contribution is 5.89. The second-order valence-electron chi connectivity index (χ2n) is 4.02. The molecule has 0 fully saturated rings. The Morgan fingerprint density at radius 2 is 1.75 bits per heavy atom. The van der Waals surface area contributed by atoms with Crippen molar-refractivity contribution in [2.75, 3.05) is 5.32 Å². The molecule has 0 spiro atoms. The number of amides is 2. The highest BCUT2D eigenvalue weighted by Crippen LogP contribution is 2.15. The van der Waals surface area contributed by atoms with E-state index in [1.165, 1.54) is 18.2 Å². The molecule has 6 heteroatoms. The van der Waals surface area contributed by atoms with Gasteiger partial charge in [-0.25, -0.2) is 18.0 Å². The first-order chi connectivity index (χ1) is 9.56. The number of nitrogens with one attached hydrogen (secondary N) is 2. The summed E-state index contributed by atoms with van der Waals surface area (Å²) in [5.74, 6) is -1.88. The molecule has 0 aliphatic heterocycles. The largest absolute Gasteiger partial charge is 0.334 e. The third-order valence-electron chi connectivity index (χ3n) is 2.57. The number of hydrogen-bond donors (Lipinski definition) is 2. The molecule has 0 aliphatic carbocycles. The molecule has 0 saturated heterocycles. The van der Waals surface area contributed by atoms with E-state index in [9.17, 15) is 18.0 Å². The standard InChI is InChI=1S/C14H11F3N2O/c15-10-5-6-12(17)13(7-10)19-14(20)18-8-9-3-1-2-4-11(9)16/h1-7H,8H2,(H2,18,19,20). The van der Waals surface area contributed by atoms with E-state index in [1.54, 1.807) is 6.07 Å². The molecular weight excluding hydrogens is 269 g/mol. The van der Waals surface area contributed by atoms with Crippen LogP contribution in [0.1, 0.15) is 5.56 Å². The molecule has 0 aliphatic rings. The van der Waals surface area contributed by atoms with Crippen LogP contribution >= 0.6 is 0 Å². The van der Waals surface area contributed by atoms with Gasteiger partial charge in [0.2, 0.25) is 0 Å². The number of hydrogen-bond acceptors (Lipinski definition) is 1. The average Bonchev–Trinajstić information content (AvgIpc) is 2.42. The lowest BCUT2D eigenvalue weighted by atomic mass is 10.2. The van der Waals surface area contributed by atoms with E-state index in [0.717, 1.165) is 18.2 Å². The van der Waals surface area contributed by atoms with Crippen molar-refractivity contribution in [1.82, 2.24) is 5.32 Å². The van der Waals surface area contributed by atoms with Crippen molar-refractivity contribution in [1.29, 1.82) is 0 Å². The van der Waals surface area contributed by atoms with Gasteiger partial charge in [-0.15, -0.1) is 0 Å². The van der Waals surface area contributed by atoms with Crippen LogP contribution in [-0.2, 0) is 6.54 Å². The Labute approximate surface area is 113 Å². The molecule has 0 unspecified atom stereocenters. The van der Waals surface area contributed by atoms with Crippen molar-refractivity contribution < 1.29 is 18.0 Å². The normalized spacial score (nSPS) is 10.2. The van der Waals surface area contributed by atoms with Gasteiger partial charge in [-0.1, -0.05) is 18.2 Å². The molecule has 3 nitrogen and oxygen atoms in total. The maximum atomic E-state index is 13.3. The Hall–Kier alpha value is -2.50. The van der Waals surface area contributed by atoms with E-state index in [4.69, 9.17) is 0 Å². The molecule has 20 heavy (non-hydrogen) atoms. The number of benzene rings is 2. The molecule has 0 heterocycles. The number of halogens is 3. The third kappa shape index (κ3) is 3.50. The topological polar surface area (TPSA) is 41.1 Å². The van der Waals surface area contributed by atoms with Crippen molar-refractivity contribution in [3.8, 4) is 0 Å². The highest BCUT2D eigenvalue weighted by atomic mass is 19.1. The summed E-state index contributed by atoms with van der Waals surface area (Å²) in [5, 5.41) is 4.51. The summed E-state index contributed by atoms with van der Waals surface area (Å²) in [4.78, 5) is 11.5. The van der Waals surface area contributed by atoms with Gasteiger partial charge in [-0.3, -0.25) is 0 Å². The van der Waals surface area contributed by atoms with E-state index in [2.05, 4.69) is 10.6 Å². The van der Waals surface area contributed by atoms with Gasteiger partial charge in [0.05, 0.1) is 5.69 Å². The van der Waals surface area contributed by atoms with Gasteiger partial charge in [-0.05, 0) is 18.2 Å². The molecule has 2 amide bonds. The van der Waals surface area contributed by atoms with E-state index >= 15 is 0 Å². The third-order valence-corrected chi connectivity index (χ3v) is 2.57. The Kier molecular flexibility index (Phi) is 4.24. The first-order valence-corrected chi connectivity index (χ1v) is 5.79. The molecule has 2 N–H and O–H groups in total. The second kappa shape index (κ2) is 6.10. The fourth-order valence-corrected chi connectivity index (χ4v) is 1.58. The monoisotopic (exact) mass is 280 g/mol. The zero-order valence-electron chi connectivity index (χ0n) is 10.3. The predicted molar refractivity (Wildman–Crippen MR) is 68.6 cm³/mol. The maximum absolute atomic E-state index is 13.3. The number of urea groups is 1. The molecule has 104 valence electrons. The Bertz CT molecular complexity index is 632. The Morgan fingerprint density at radius 1 is 1.00 bits per heavy atom. The predicted octanol–water partition coefficient (Wildman–Crippen LogP) is 3.43. The summed E-state index contributed by atoms with van der Waals surface area (Å²) < 4.78 is 39.5. The first-order valence-electron chi connectivity index (χ1n) is 5.79. The molecule has 0 bridgehead atoms. The van der Waals surface area contributed by atoms with Crippen molar-refractivity contribution in [2.45, 2.75) is 6.54 Å². The minimum absolute atomic E-state index is 0.0601. The van der Waals surface area contributed by atoms with Gasteiger partial charge < -0.3 is 10.6 Å². The summed E-state index contributed by atoms with van der Waals surface area (Å²) in [5.41, 5.74) is 0.0124. The van der Waals surface area contributed by atoms with Crippen LogP contribution in [-0.4, -0.2) is 6.03 Å². The molecular formula is C14H11F3N2O. The second-order valence-corrected chi connectivity index (χ2v) is 4.02. The zero-order chi connectivity index (χ0) is 14.5. The van der Waals surface area contributed by atoms with Crippen molar-refractivity contribution in [2.24, 2.45) is 0 Å². The van der Waals surface area contributed by atoms with Crippen LogP contribution in [0.4, 0.5) is 23.7 Å². The van der Waals surface area contributed by atoms with Crippen LogP contribution in [0.2, 0.25) is 0 Å². The van der Waals surface area contributed by atoms with Gasteiger partial charge in [0.15, 0.2) is 0 Å². The minimum Gasteiger partial charge on any atom is -0.334 e. The highest BCUT2D eigenvalue weighted by Gasteiger charge is 2.08. The van der Waals surface area contributed by atoms with Gasteiger partial charge in [0, 0.05) is 18.2 Å². The Balaban J connectivity index is 1.96. The zero-order valence-corrected chi connectivity index (χ0v) is 10.3. The lowest BCUT2D eigenvalue weighted by molar-refractivity contribution is 0.251. The van der Waals surface area contributed by atoms with Crippen LogP contribution in [0, 0.1) is 17.5 Å². The number of rotatable bonds is 3. The van der Waals surface area contributed by atoms with Crippen molar-refractivity contribution in [3.63, 3.8) is 0 Å².